The summed E-state index contributed by atoms with van der Waals surface area (Å²) in [6, 6.07) is 58.5. The van der Waals surface area contributed by atoms with Crippen molar-refractivity contribution in [2.45, 2.75) is 15.2 Å². The second-order valence-electron chi connectivity index (χ2n) is 11.2. The third-order valence-electron chi connectivity index (χ3n) is 9.16. The lowest BCUT2D eigenvalue weighted by atomic mass is 9.65. The molecule has 7 aromatic rings. The highest BCUT2D eigenvalue weighted by molar-refractivity contribution is 7.99. The fourth-order valence-corrected chi connectivity index (χ4v) is 8.74. The van der Waals surface area contributed by atoms with Gasteiger partial charge in [0.25, 0.3) is 0 Å². The van der Waals surface area contributed by atoms with Crippen LogP contribution in [0.4, 0.5) is 0 Å². The summed E-state index contributed by atoms with van der Waals surface area (Å²) in [7, 11) is 0. The van der Waals surface area contributed by atoms with Gasteiger partial charge in [0.05, 0.1) is 5.41 Å². The maximum atomic E-state index is 2.37. The molecule has 1 aliphatic heterocycles. The van der Waals surface area contributed by atoms with Crippen LogP contribution < -0.4 is 0 Å². The first-order chi connectivity index (χ1) is 20.9. The number of hydrogen-bond acceptors (Lipinski definition) is 1. The summed E-state index contributed by atoms with van der Waals surface area (Å²) >= 11 is 1.89. The van der Waals surface area contributed by atoms with E-state index in [1.165, 1.54) is 76.2 Å². The highest BCUT2D eigenvalue weighted by atomic mass is 32.2. The van der Waals surface area contributed by atoms with Gasteiger partial charge in [-0.05, 0) is 67.6 Å². The van der Waals surface area contributed by atoms with Crippen molar-refractivity contribution >= 4 is 22.5 Å². The van der Waals surface area contributed by atoms with E-state index in [4.69, 9.17) is 0 Å². The van der Waals surface area contributed by atoms with E-state index in [0.717, 1.165) is 0 Å². The van der Waals surface area contributed by atoms with E-state index in [9.17, 15) is 0 Å². The highest BCUT2D eigenvalue weighted by Crippen LogP contribution is 2.59. The van der Waals surface area contributed by atoms with Gasteiger partial charge in [0.2, 0.25) is 0 Å². The Morgan fingerprint density at radius 1 is 0.357 bits per heavy atom. The molecule has 1 heteroatoms. The molecule has 9 rings (SSSR count). The Morgan fingerprint density at radius 2 is 0.833 bits per heavy atom. The van der Waals surface area contributed by atoms with Crippen molar-refractivity contribution in [3.8, 4) is 33.4 Å². The molecule has 7 aromatic carbocycles. The van der Waals surface area contributed by atoms with Crippen LogP contribution in [0.1, 0.15) is 22.3 Å². The Labute approximate surface area is 250 Å². The lowest BCUT2D eigenvalue weighted by molar-refractivity contribution is 0.770. The molecule has 0 amide bonds. The first-order valence-corrected chi connectivity index (χ1v) is 15.3. The number of fused-ring (bicyclic) bond motifs is 5. The number of benzene rings is 7. The molecule has 1 aliphatic carbocycles. The van der Waals surface area contributed by atoms with Gasteiger partial charge in [-0.25, -0.2) is 0 Å². The van der Waals surface area contributed by atoms with E-state index in [1.54, 1.807) is 0 Å². The monoisotopic (exact) mass is 550 g/mol. The fraction of sp³-hybridized carbons (Fsp3) is 0.0244. The SMILES string of the molecule is c1ccc(C2(c3ccccc3-c3cccc4c3-c3cccc5cccc(c35)S4)c3ccccc3-c3ccccc32)cc1. The average molecular weight is 551 g/mol. The van der Waals surface area contributed by atoms with E-state index < -0.39 is 5.41 Å². The first-order valence-electron chi connectivity index (χ1n) is 14.5. The molecule has 0 nitrogen and oxygen atoms in total. The van der Waals surface area contributed by atoms with Crippen molar-refractivity contribution in [2.75, 3.05) is 0 Å². The topological polar surface area (TPSA) is 0 Å². The Morgan fingerprint density at radius 3 is 1.50 bits per heavy atom. The largest absolute Gasteiger partial charge is 0.0888 e. The molecule has 0 spiro atoms. The minimum atomic E-state index is -0.445. The highest BCUT2D eigenvalue weighted by Gasteiger charge is 2.47. The molecule has 0 N–H and O–H groups in total. The molecule has 0 bridgehead atoms. The van der Waals surface area contributed by atoms with Gasteiger partial charge in [-0.3, -0.25) is 0 Å². The van der Waals surface area contributed by atoms with Crippen molar-refractivity contribution in [3.05, 3.63) is 180 Å². The molecule has 196 valence electrons. The molecule has 2 aliphatic rings. The van der Waals surface area contributed by atoms with Crippen LogP contribution in [0.15, 0.2) is 168 Å². The fourth-order valence-electron chi connectivity index (χ4n) is 7.56. The predicted octanol–water partition coefficient (Wildman–Crippen LogP) is 11.0. The van der Waals surface area contributed by atoms with Gasteiger partial charge >= 0.3 is 0 Å². The van der Waals surface area contributed by atoms with Crippen molar-refractivity contribution in [1.82, 2.24) is 0 Å². The summed E-state index contributed by atoms with van der Waals surface area (Å²) < 4.78 is 0. The van der Waals surface area contributed by atoms with E-state index in [2.05, 4.69) is 158 Å². The zero-order valence-electron chi connectivity index (χ0n) is 22.9. The van der Waals surface area contributed by atoms with Crippen LogP contribution in [-0.4, -0.2) is 0 Å². The molecule has 0 fully saturated rings. The van der Waals surface area contributed by atoms with Crippen LogP contribution in [0.25, 0.3) is 44.2 Å². The summed E-state index contributed by atoms with van der Waals surface area (Å²) in [5.41, 5.74) is 12.7. The predicted molar refractivity (Wildman–Crippen MR) is 176 cm³/mol. The maximum absolute atomic E-state index is 2.37. The molecule has 0 aromatic heterocycles. The Kier molecular flexibility index (Phi) is 5.15. The molecule has 0 unspecified atom stereocenters. The van der Waals surface area contributed by atoms with Crippen molar-refractivity contribution in [3.63, 3.8) is 0 Å². The summed E-state index contributed by atoms with van der Waals surface area (Å²) in [6.07, 6.45) is 0. The van der Waals surface area contributed by atoms with E-state index in [1.807, 2.05) is 11.8 Å². The maximum Gasteiger partial charge on any atom is 0.0719 e. The van der Waals surface area contributed by atoms with Gasteiger partial charge in [-0.2, -0.15) is 0 Å². The molecule has 0 saturated carbocycles. The Bertz CT molecular complexity index is 2120. The summed E-state index contributed by atoms with van der Waals surface area (Å²) in [5.74, 6) is 0. The summed E-state index contributed by atoms with van der Waals surface area (Å²) in [6.45, 7) is 0. The number of hydrogen-bond donors (Lipinski definition) is 0. The molecule has 0 radical (unpaired) electrons. The van der Waals surface area contributed by atoms with Gasteiger partial charge in [0, 0.05) is 20.7 Å². The lowest BCUT2D eigenvalue weighted by Crippen LogP contribution is -2.29. The molecular formula is C41H26S. The van der Waals surface area contributed by atoms with Crippen LogP contribution in [-0.2, 0) is 5.41 Å². The van der Waals surface area contributed by atoms with Crippen molar-refractivity contribution < 1.29 is 0 Å². The van der Waals surface area contributed by atoms with Crippen molar-refractivity contribution in [1.29, 1.82) is 0 Å². The number of rotatable bonds is 3. The Hall–Kier alpha value is -4.85. The normalized spacial score (nSPS) is 13.8. The third-order valence-corrected chi connectivity index (χ3v) is 10.3. The van der Waals surface area contributed by atoms with E-state index >= 15 is 0 Å². The second-order valence-corrected chi connectivity index (χ2v) is 12.3. The second kappa shape index (κ2) is 9.08. The van der Waals surface area contributed by atoms with Crippen molar-refractivity contribution in [2.24, 2.45) is 0 Å². The standard InChI is InChI=1S/C41H26S/c1-2-15-28(16-3-1)41(34-22-7-4-17-29(34)30-18-5-8-23-35(30)41)36-24-9-6-19-31(36)32-20-12-26-38-40(32)33-21-10-13-27-14-11-25-37(42-38)39(27)33/h1-26H. The van der Waals surface area contributed by atoms with Gasteiger partial charge in [0.1, 0.15) is 0 Å². The van der Waals surface area contributed by atoms with Crippen LogP contribution in [0.5, 0.6) is 0 Å². The lowest BCUT2D eigenvalue weighted by Gasteiger charge is -2.36. The summed E-state index contributed by atoms with van der Waals surface area (Å²) in [4.78, 5) is 2.65. The Balaban J connectivity index is 1.41. The molecule has 0 atom stereocenters. The third kappa shape index (κ3) is 3.15. The minimum Gasteiger partial charge on any atom is -0.0888 e. The minimum absolute atomic E-state index is 0.445. The summed E-state index contributed by atoms with van der Waals surface area (Å²) in [5, 5.41) is 2.66. The first kappa shape index (κ1) is 23.8. The molecule has 1 heterocycles. The van der Waals surface area contributed by atoms with Gasteiger partial charge in [-0.15, -0.1) is 0 Å². The van der Waals surface area contributed by atoms with Crippen LogP contribution in [0.2, 0.25) is 0 Å². The van der Waals surface area contributed by atoms with Gasteiger partial charge in [0.15, 0.2) is 0 Å². The quantitative estimate of drug-likeness (QED) is 0.211. The molecular weight excluding hydrogens is 525 g/mol. The van der Waals surface area contributed by atoms with Crippen LogP contribution in [0.3, 0.4) is 0 Å². The zero-order chi connectivity index (χ0) is 27.7. The van der Waals surface area contributed by atoms with Crippen LogP contribution >= 0.6 is 11.8 Å². The van der Waals surface area contributed by atoms with Crippen LogP contribution in [0, 0.1) is 0 Å². The average Bonchev–Trinajstić information content (AvgIpc) is 3.36. The van der Waals surface area contributed by atoms with Gasteiger partial charge in [-0.1, -0.05) is 157 Å². The van der Waals surface area contributed by atoms with Gasteiger partial charge < -0.3 is 0 Å². The van der Waals surface area contributed by atoms with E-state index in [-0.39, 0.29) is 0 Å². The molecule has 0 saturated heterocycles. The smallest absolute Gasteiger partial charge is 0.0719 e. The zero-order valence-corrected chi connectivity index (χ0v) is 23.7. The molecule has 42 heavy (non-hydrogen) atoms. The van der Waals surface area contributed by atoms with E-state index in [0.29, 0.717) is 0 Å².